The Morgan fingerprint density at radius 3 is 2.38 bits per heavy atom. The van der Waals surface area contributed by atoms with Crippen molar-refractivity contribution in [2.45, 2.75) is 50.5 Å². The number of nitrogens with one attached hydrogen (secondary N) is 2. The largest absolute Gasteiger partial charge is 0.397 e. The molecule has 162 valence electrons. The molecule has 0 radical (unpaired) electrons. The van der Waals surface area contributed by atoms with E-state index in [1.54, 1.807) is 0 Å². The van der Waals surface area contributed by atoms with Crippen LogP contribution in [0.1, 0.15) is 42.5 Å². The lowest BCUT2D eigenvalue weighted by Gasteiger charge is -2.31. The maximum Gasteiger partial charge on any atom is 0.391 e. The van der Waals surface area contributed by atoms with Gasteiger partial charge in [0.15, 0.2) is 5.82 Å². The summed E-state index contributed by atoms with van der Waals surface area (Å²) in [5.41, 5.74) is 5.83. The van der Waals surface area contributed by atoms with Crippen molar-refractivity contribution in [3.8, 4) is 0 Å². The first kappa shape index (κ1) is 21.4. The second-order valence-corrected chi connectivity index (χ2v) is 7.70. The van der Waals surface area contributed by atoms with Gasteiger partial charge in [0.2, 0.25) is 0 Å². The highest BCUT2D eigenvalue weighted by Gasteiger charge is 2.41. The molecule has 4 N–H and O–H groups in total. The zero-order valence-electron chi connectivity index (χ0n) is 16.1. The van der Waals surface area contributed by atoms with Gasteiger partial charge in [0.1, 0.15) is 6.17 Å². The number of nitrogens with two attached hydrogens (primary N) is 1. The van der Waals surface area contributed by atoms with E-state index in [1.807, 2.05) is 0 Å². The summed E-state index contributed by atoms with van der Waals surface area (Å²) in [6.45, 7) is 0.211. The molecule has 1 saturated heterocycles. The monoisotopic (exact) mass is 420 g/mol. The van der Waals surface area contributed by atoms with Crippen LogP contribution in [-0.2, 0) is 0 Å². The first-order valence-electron chi connectivity index (χ1n) is 9.68. The van der Waals surface area contributed by atoms with Crippen molar-refractivity contribution >= 4 is 23.0 Å². The zero-order chi connectivity index (χ0) is 21.3. The second kappa shape index (κ2) is 8.23. The van der Waals surface area contributed by atoms with Gasteiger partial charge in [-0.3, -0.25) is 4.79 Å². The molecule has 1 atom stereocenters. The number of carbonyl (C=O) groups is 1. The smallest absolute Gasteiger partial charge is 0.391 e. The van der Waals surface area contributed by atoms with Crippen molar-refractivity contribution in [2.75, 3.05) is 36.1 Å². The maximum atomic E-state index is 15.1. The summed E-state index contributed by atoms with van der Waals surface area (Å²) in [6.07, 6.45) is -4.89. The molecule has 0 aromatic heterocycles. The topological polar surface area (TPSA) is 70.4 Å². The molecule has 1 unspecified atom stereocenters. The number of rotatable bonds is 4. The quantitative estimate of drug-likeness (QED) is 0.511. The summed E-state index contributed by atoms with van der Waals surface area (Å²) in [4.78, 5) is 14.3. The van der Waals surface area contributed by atoms with Crippen LogP contribution in [0.2, 0.25) is 0 Å². The molecule has 0 spiro atoms. The summed E-state index contributed by atoms with van der Waals surface area (Å²) < 4.78 is 67.3. The Hall–Kier alpha value is -2.26. The van der Waals surface area contributed by atoms with Crippen molar-refractivity contribution in [1.29, 1.82) is 0 Å². The molecule has 5 nitrogen and oxygen atoms in total. The van der Waals surface area contributed by atoms with Crippen molar-refractivity contribution in [1.82, 2.24) is 5.32 Å². The molecule has 1 heterocycles. The van der Waals surface area contributed by atoms with E-state index < -0.39 is 36.0 Å². The number of amides is 1. The molecular formula is C19H25F5N4O. The summed E-state index contributed by atoms with van der Waals surface area (Å²) >= 11 is 0. The van der Waals surface area contributed by atoms with Gasteiger partial charge in [0.25, 0.3) is 5.91 Å². The average Bonchev–Trinajstić information content (AvgIpc) is 3.07. The third-order valence-corrected chi connectivity index (χ3v) is 5.74. The fourth-order valence-electron chi connectivity index (χ4n) is 4.14. The van der Waals surface area contributed by atoms with Crippen LogP contribution in [0.4, 0.5) is 39.0 Å². The second-order valence-electron chi connectivity index (χ2n) is 7.70. The third kappa shape index (κ3) is 4.51. The minimum Gasteiger partial charge on any atom is -0.397 e. The predicted molar refractivity (Wildman–Crippen MR) is 101 cm³/mol. The molecule has 1 aromatic rings. The van der Waals surface area contributed by atoms with Crippen LogP contribution < -0.4 is 21.3 Å². The molecule has 1 saturated carbocycles. The SMILES string of the molecule is CNc1c(N)cc(C(=O)NC2CCC(C(F)(F)F)CC2)c(N2CCC(F)C2)c1F. The van der Waals surface area contributed by atoms with Gasteiger partial charge < -0.3 is 21.3 Å². The summed E-state index contributed by atoms with van der Waals surface area (Å²) in [5.74, 6) is -2.72. The molecular weight excluding hydrogens is 395 g/mol. The lowest BCUT2D eigenvalue weighted by molar-refractivity contribution is -0.182. The van der Waals surface area contributed by atoms with Gasteiger partial charge in [-0.05, 0) is 38.2 Å². The molecule has 2 aliphatic rings. The fraction of sp³-hybridized carbons (Fsp3) is 0.632. The van der Waals surface area contributed by atoms with Crippen molar-refractivity contribution < 1.29 is 26.7 Å². The Morgan fingerprint density at radius 1 is 1.21 bits per heavy atom. The van der Waals surface area contributed by atoms with Gasteiger partial charge in [0.05, 0.1) is 28.5 Å². The molecule has 3 rings (SSSR count). The average molecular weight is 420 g/mol. The van der Waals surface area contributed by atoms with E-state index >= 15 is 4.39 Å². The Bertz CT molecular complexity index is 762. The standard InChI is InChI=1S/C19H25F5N4O/c1-26-16-14(25)8-13(17(15(16)21)28-7-6-11(20)9-28)18(29)27-12-4-2-10(3-5-12)19(22,23)24/h8,10-12,26H,2-7,9,25H2,1H3,(H,27,29). The molecule has 1 aliphatic heterocycles. The van der Waals surface area contributed by atoms with E-state index in [9.17, 15) is 22.4 Å². The molecule has 1 aromatic carbocycles. The maximum absolute atomic E-state index is 15.1. The highest BCUT2D eigenvalue weighted by atomic mass is 19.4. The van der Waals surface area contributed by atoms with Crippen LogP contribution in [0, 0.1) is 11.7 Å². The Morgan fingerprint density at radius 2 is 1.86 bits per heavy atom. The van der Waals surface area contributed by atoms with Gasteiger partial charge >= 0.3 is 6.18 Å². The third-order valence-electron chi connectivity index (χ3n) is 5.74. The lowest BCUT2D eigenvalue weighted by Crippen LogP contribution is -2.40. The van der Waals surface area contributed by atoms with Gasteiger partial charge in [-0.25, -0.2) is 8.78 Å². The van der Waals surface area contributed by atoms with Crippen LogP contribution in [-0.4, -0.2) is 44.4 Å². The summed E-state index contributed by atoms with van der Waals surface area (Å²) in [6, 6.07) is 0.890. The number of nitrogen functional groups attached to an aromatic ring is 1. The number of halogens is 5. The number of benzene rings is 1. The Labute approximate surface area is 165 Å². The van der Waals surface area contributed by atoms with Crippen molar-refractivity contribution in [3.05, 3.63) is 17.4 Å². The van der Waals surface area contributed by atoms with E-state index in [2.05, 4.69) is 10.6 Å². The minimum absolute atomic E-state index is 0.0181. The number of carbonyl (C=O) groups excluding carboxylic acids is 1. The number of anilines is 3. The van der Waals surface area contributed by atoms with Crippen molar-refractivity contribution in [3.63, 3.8) is 0 Å². The van der Waals surface area contributed by atoms with Gasteiger partial charge in [-0.1, -0.05) is 0 Å². The zero-order valence-corrected chi connectivity index (χ0v) is 16.1. The molecule has 1 amide bonds. The molecule has 0 bridgehead atoms. The van der Waals surface area contributed by atoms with E-state index in [1.165, 1.54) is 18.0 Å². The Kier molecular flexibility index (Phi) is 6.09. The van der Waals surface area contributed by atoms with Crippen molar-refractivity contribution in [2.24, 2.45) is 5.92 Å². The highest BCUT2D eigenvalue weighted by Crippen LogP contribution is 2.39. The van der Waals surface area contributed by atoms with Gasteiger partial charge in [0, 0.05) is 26.2 Å². The number of hydrogen-bond acceptors (Lipinski definition) is 4. The summed E-state index contributed by atoms with van der Waals surface area (Å²) in [5, 5.41) is 5.35. The number of nitrogens with zero attached hydrogens (tertiary/aromatic N) is 1. The molecule has 10 heteroatoms. The normalized spacial score (nSPS) is 25.2. The van der Waals surface area contributed by atoms with Crippen LogP contribution >= 0.6 is 0 Å². The van der Waals surface area contributed by atoms with E-state index in [4.69, 9.17) is 5.73 Å². The van der Waals surface area contributed by atoms with E-state index in [-0.39, 0.29) is 67.8 Å². The first-order chi connectivity index (χ1) is 13.6. The number of hydrogen-bond donors (Lipinski definition) is 3. The summed E-state index contributed by atoms with van der Waals surface area (Å²) in [7, 11) is 1.49. The van der Waals surface area contributed by atoms with Gasteiger partial charge in [-0.15, -0.1) is 0 Å². The lowest BCUT2D eigenvalue weighted by atomic mass is 9.85. The van der Waals surface area contributed by atoms with Crippen LogP contribution in [0.5, 0.6) is 0 Å². The fourth-order valence-corrected chi connectivity index (χ4v) is 4.14. The van der Waals surface area contributed by atoms with Crippen LogP contribution in [0.25, 0.3) is 0 Å². The molecule has 2 fully saturated rings. The van der Waals surface area contributed by atoms with E-state index in [0.29, 0.717) is 0 Å². The highest BCUT2D eigenvalue weighted by molar-refractivity contribution is 6.02. The minimum atomic E-state index is -4.23. The Balaban J connectivity index is 1.81. The first-order valence-corrected chi connectivity index (χ1v) is 9.68. The number of alkyl halides is 4. The molecule has 29 heavy (non-hydrogen) atoms. The molecule has 1 aliphatic carbocycles. The van der Waals surface area contributed by atoms with Crippen LogP contribution in [0.3, 0.4) is 0 Å². The van der Waals surface area contributed by atoms with Crippen LogP contribution in [0.15, 0.2) is 6.07 Å². The van der Waals surface area contributed by atoms with E-state index in [0.717, 1.165) is 0 Å². The predicted octanol–water partition coefficient (Wildman–Crippen LogP) is 3.85. The van der Waals surface area contributed by atoms with Gasteiger partial charge in [-0.2, -0.15) is 13.2 Å².